The van der Waals surface area contributed by atoms with Crippen molar-refractivity contribution in [2.24, 2.45) is 5.73 Å². The van der Waals surface area contributed by atoms with E-state index in [2.05, 4.69) is 16.8 Å². The number of amidine groups is 1. The van der Waals surface area contributed by atoms with E-state index >= 15 is 0 Å². The van der Waals surface area contributed by atoms with Crippen molar-refractivity contribution >= 4 is 5.84 Å². The maximum Gasteiger partial charge on any atom is 0.139 e. The minimum Gasteiger partial charge on any atom is -0.315 e. The maximum atomic E-state index is 13.2. The number of halogens is 1. The van der Waals surface area contributed by atoms with Crippen LogP contribution >= 0.6 is 0 Å². The van der Waals surface area contributed by atoms with Crippen LogP contribution in [0.4, 0.5) is 4.39 Å². The summed E-state index contributed by atoms with van der Waals surface area (Å²) >= 11 is 0. The molecule has 0 radical (unpaired) electrons. The van der Waals surface area contributed by atoms with Crippen LogP contribution in [0.3, 0.4) is 0 Å². The summed E-state index contributed by atoms with van der Waals surface area (Å²) in [4.78, 5) is 6.12. The van der Waals surface area contributed by atoms with Crippen LogP contribution in [0.5, 0.6) is 0 Å². The number of piperazine rings is 1. The molecule has 0 spiro atoms. The molecule has 5 nitrogen and oxygen atoms in total. The Morgan fingerprint density at radius 1 is 1.42 bits per heavy atom. The quantitative estimate of drug-likeness (QED) is 0.580. The summed E-state index contributed by atoms with van der Waals surface area (Å²) in [5, 5.41) is 8.03. The van der Waals surface area contributed by atoms with Gasteiger partial charge in [0.15, 0.2) is 0 Å². The number of nitrogens with one attached hydrogen (secondary N) is 1. The first-order chi connectivity index (χ1) is 9.06. The summed E-state index contributed by atoms with van der Waals surface area (Å²) in [6.45, 7) is 5.01. The van der Waals surface area contributed by atoms with E-state index in [4.69, 9.17) is 11.1 Å². The number of hydrogen-bond acceptors (Lipinski definition) is 4. The minimum absolute atomic E-state index is 0.356. The number of allylic oxidation sites excluding steroid dienone is 2. The normalized spacial score (nSPS) is 25.5. The van der Waals surface area contributed by atoms with Crippen LogP contribution < -0.4 is 5.73 Å². The Hall–Kier alpha value is -1.24. The monoisotopic (exact) mass is 267 g/mol. The van der Waals surface area contributed by atoms with Gasteiger partial charge in [0.25, 0.3) is 0 Å². The molecule has 2 heterocycles. The van der Waals surface area contributed by atoms with Gasteiger partial charge in [-0.15, -0.1) is 0 Å². The van der Waals surface area contributed by atoms with Gasteiger partial charge in [-0.2, -0.15) is 0 Å². The third-order valence-corrected chi connectivity index (χ3v) is 3.61. The van der Waals surface area contributed by atoms with Crippen molar-refractivity contribution in [1.82, 2.24) is 14.7 Å². The standard InChI is InChI=1S/C13H22FN5/c1-17-6-8-18(9-7-17)5-4-13(16)19-10-11(14)2-3-12(19)15/h2-3,10,12,16H,4-9,15H2,1H3. The van der Waals surface area contributed by atoms with Gasteiger partial charge in [-0.1, -0.05) is 0 Å². The summed E-state index contributed by atoms with van der Waals surface area (Å²) in [5.74, 6) is 0.0111. The van der Waals surface area contributed by atoms with E-state index in [-0.39, 0.29) is 5.83 Å². The van der Waals surface area contributed by atoms with Gasteiger partial charge >= 0.3 is 0 Å². The lowest BCUT2D eigenvalue weighted by Crippen LogP contribution is -2.47. The van der Waals surface area contributed by atoms with Gasteiger partial charge in [-0.05, 0) is 19.2 Å². The van der Waals surface area contributed by atoms with Gasteiger partial charge in [0.2, 0.25) is 0 Å². The molecular formula is C13H22FN5. The predicted octanol–water partition coefficient (Wildman–Crippen LogP) is 0.569. The lowest BCUT2D eigenvalue weighted by molar-refractivity contribution is 0.156. The van der Waals surface area contributed by atoms with Gasteiger partial charge < -0.3 is 20.4 Å². The third kappa shape index (κ3) is 3.86. The SMILES string of the molecule is CN1CCN(CCC(=N)N2C=C(F)C=CC2N)CC1. The fourth-order valence-corrected chi connectivity index (χ4v) is 2.27. The second kappa shape index (κ2) is 6.27. The molecule has 3 N–H and O–H groups in total. The summed E-state index contributed by atoms with van der Waals surface area (Å²) in [6.07, 6.45) is 4.38. The molecule has 1 fully saturated rings. The molecule has 2 rings (SSSR count). The Bertz CT molecular complexity index is 384. The zero-order valence-electron chi connectivity index (χ0n) is 11.3. The van der Waals surface area contributed by atoms with E-state index in [0.29, 0.717) is 12.3 Å². The largest absolute Gasteiger partial charge is 0.315 e. The molecule has 2 aliphatic rings. The highest BCUT2D eigenvalue weighted by Crippen LogP contribution is 2.13. The lowest BCUT2D eigenvalue weighted by atomic mass is 10.2. The lowest BCUT2D eigenvalue weighted by Gasteiger charge is -2.33. The zero-order chi connectivity index (χ0) is 13.8. The fourth-order valence-electron chi connectivity index (χ4n) is 2.27. The van der Waals surface area contributed by atoms with Crippen molar-refractivity contribution < 1.29 is 4.39 Å². The molecular weight excluding hydrogens is 245 g/mol. The van der Waals surface area contributed by atoms with Gasteiger partial charge in [0.1, 0.15) is 17.8 Å². The summed E-state index contributed by atoms with van der Waals surface area (Å²) in [6, 6.07) is 0. The molecule has 1 atom stereocenters. The average Bonchev–Trinajstić information content (AvgIpc) is 2.40. The van der Waals surface area contributed by atoms with Crippen LogP contribution in [-0.4, -0.2) is 66.5 Å². The molecule has 0 aliphatic carbocycles. The van der Waals surface area contributed by atoms with Crippen molar-refractivity contribution in [2.45, 2.75) is 12.6 Å². The first-order valence-corrected chi connectivity index (χ1v) is 6.64. The Morgan fingerprint density at radius 3 is 2.79 bits per heavy atom. The highest BCUT2D eigenvalue weighted by atomic mass is 19.1. The molecule has 0 saturated carbocycles. The molecule has 0 aromatic heterocycles. The molecule has 0 aromatic carbocycles. The molecule has 0 bridgehead atoms. The van der Waals surface area contributed by atoms with E-state index in [0.717, 1.165) is 32.7 Å². The molecule has 1 unspecified atom stereocenters. The Labute approximate surface area is 113 Å². The summed E-state index contributed by atoms with van der Waals surface area (Å²) < 4.78 is 13.2. The summed E-state index contributed by atoms with van der Waals surface area (Å²) in [7, 11) is 2.12. The van der Waals surface area contributed by atoms with Crippen molar-refractivity contribution in [3.8, 4) is 0 Å². The Morgan fingerprint density at radius 2 is 2.11 bits per heavy atom. The van der Waals surface area contributed by atoms with E-state index in [9.17, 15) is 4.39 Å². The third-order valence-electron chi connectivity index (χ3n) is 3.61. The molecule has 19 heavy (non-hydrogen) atoms. The van der Waals surface area contributed by atoms with Crippen molar-refractivity contribution in [1.29, 1.82) is 5.41 Å². The molecule has 0 aromatic rings. The Kier molecular flexibility index (Phi) is 4.68. The molecule has 0 amide bonds. The molecule has 1 saturated heterocycles. The van der Waals surface area contributed by atoms with Crippen LogP contribution in [0, 0.1) is 5.41 Å². The molecule has 2 aliphatic heterocycles. The van der Waals surface area contributed by atoms with Crippen LogP contribution in [0.25, 0.3) is 0 Å². The molecule has 6 heteroatoms. The second-order valence-corrected chi connectivity index (χ2v) is 5.11. The smallest absolute Gasteiger partial charge is 0.139 e. The Balaban J connectivity index is 1.80. The number of rotatable bonds is 3. The number of likely N-dealkylation sites (N-methyl/N-ethyl adjacent to an activating group) is 1. The average molecular weight is 267 g/mol. The van der Waals surface area contributed by atoms with Gasteiger partial charge in [0, 0.05) is 45.3 Å². The van der Waals surface area contributed by atoms with E-state index in [1.165, 1.54) is 17.2 Å². The van der Waals surface area contributed by atoms with Gasteiger partial charge in [-0.25, -0.2) is 4.39 Å². The van der Waals surface area contributed by atoms with Gasteiger partial charge in [-0.3, -0.25) is 5.41 Å². The van der Waals surface area contributed by atoms with Crippen molar-refractivity contribution in [3.63, 3.8) is 0 Å². The number of nitrogens with two attached hydrogens (primary N) is 1. The van der Waals surface area contributed by atoms with Crippen molar-refractivity contribution in [2.75, 3.05) is 39.8 Å². The van der Waals surface area contributed by atoms with Crippen molar-refractivity contribution in [3.05, 3.63) is 24.2 Å². The number of hydrogen-bond donors (Lipinski definition) is 2. The topological polar surface area (TPSA) is 59.6 Å². The van der Waals surface area contributed by atoms with E-state index in [1.54, 1.807) is 6.08 Å². The maximum absolute atomic E-state index is 13.2. The predicted molar refractivity (Wildman–Crippen MR) is 74.4 cm³/mol. The minimum atomic E-state index is -0.431. The zero-order valence-corrected chi connectivity index (χ0v) is 11.3. The van der Waals surface area contributed by atoms with E-state index in [1.807, 2.05) is 0 Å². The van der Waals surface area contributed by atoms with Crippen LogP contribution in [0.1, 0.15) is 6.42 Å². The van der Waals surface area contributed by atoms with Gasteiger partial charge in [0.05, 0.1) is 0 Å². The highest BCUT2D eigenvalue weighted by Gasteiger charge is 2.19. The first-order valence-electron chi connectivity index (χ1n) is 6.64. The number of nitrogens with zero attached hydrogens (tertiary/aromatic N) is 3. The van der Waals surface area contributed by atoms with Crippen LogP contribution in [0.2, 0.25) is 0 Å². The second-order valence-electron chi connectivity index (χ2n) is 5.11. The fraction of sp³-hybridized carbons (Fsp3) is 0.615. The van der Waals surface area contributed by atoms with Crippen LogP contribution in [-0.2, 0) is 0 Å². The van der Waals surface area contributed by atoms with E-state index < -0.39 is 6.17 Å². The first kappa shape index (κ1) is 14.2. The summed E-state index contributed by atoms with van der Waals surface area (Å²) in [5.41, 5.74) is 5.84. The highest BCUT2D eigenvalue weighted by molar-refractivity contribution is 5.81. The van der Waals surface area contributed by atoms with Crippen LogP contribution in [0.15, 0.2) is 24.2 Å². The molecule has 106 valence electrons.